The first-order valence-electron chi connectivity index (χ1n) is 7.58. The van der Waals surface area contributed by atoms with E-state index in [0.717, 1.165) is 12.8 Å². The first-order chi connectivity index (χ1) is 9.33. The van der Waals surface area contributed by atoms with E-state index in [1.807, 2.05) is 27.7 Å². The maximum absolute atomic E-state index is 12.5. The van der Waals surface area contributed by atoms with Crippen LogP contribution in [-0.4, -0.2) is 47.6 Å². The van der Waals surface area contributed by atoms with Gasteiger partial charge in [-0.05, 0) is 46.0 Å². The molecule has 1 N–H and O–H groups in total. The Morgan fingerprint density at radius 3 is 2.45 bits per heavy atom. The number of carbonyl (C=O) groups is 2. The zero-order valence-corrected chi connectivity index (χ0v) is 12.9. The second kappa shape index (κ2) is 5.72. The van der Waals surface area contributed by atoms with Crippen LogP contribution in [0.25, 0.3) is 0 Å². The van der Waals surface area contributed by atoms with Crippen molar-refractivity contribution in [3.05, 3.63) is 0 Å². The van der Waals surface area contributed by atoms with Gasteiger partial charge >= 0.3 is 0 Å². The smallest absolute Gasteiger partial charge is 0.246 e. The van der Waals surface area contributed by atoms with Crippen LogP contribution in [0.5, 0.6) is 0 Å². The number of hydrogen-bond acceptors (Lipinski definition) is 3. The van der Waals surface area contributed by atoms with Gasteiger partial charge in [-0.3, -0.25) is 9.59 Å². The van der Waals surface area contributed by atoms with Gasteiger partial charge in [-0.1, -0.05) is 6.92 Å². The quantitative estimate of drug-likeness (QED) is 0.827. The summed E-state index contributed by atoms with van der Waals surface area (Å²) >= 11 is 0. The second-order valence-corrected chi connectivity index (χ2v) is 6.74. The molecule has 0 radical (unpaired) electrons. The molecule has 1 aliphatic heterocycles. The molecular formula is C15H26N2O3. The third-order valence-corrected chi connectivity index (χ3v) is 3.87. The zero-order chi connectivity index (χ0) is 14.9. The number of piperazine rings is 1. The molecule has 2 fully saturated rings. The monoisotopic (exact) mass is 282 g/mol. The summed E-state index contributed by atoms with van der Waals surface area (Å²) in [6, 6.07) is -0.652. The van der Waals surface area contributed by atoms with Gasteiger partial charge in [-0.15, -0.1) is 0 Å². The Morgan fingerprint density at radius 1 is 1.30 bits per heavy atom. The summed E-state index contributed by atoms with van der Waals surface area (Å²) in [5.41, 5.74) is -0.224. The first-order valence-corrected chi connectivity index (χ1v) is 7.58. The van der Waals surface area contributed by atoms with Gasteiger partial charge in [0.1, 0.15) is 12.1 Å². The van der Waals surface area contributed by atoms with Crippen LogP contribution < -0.4 is 5.32 Å². The SMILES string of the molecule is CCC1C(=O)NC(C2CC2)C(=O)N1CCOC(C)(C)C. The molecule has 0 aromatic heterocycles. The van der Waals surface area contributed by atoms with Crippen LogP contribution in [0.3, 0.4) is 0 Å². The van der Waals surface area contributed by atoms with Gasteiger partial charge < -0.3 is 15.0 Å². The minimum absolute atomic E-state index is 0.0141. The number of hydrogen-bond donors (Lipinski definition) is 1. The first kappa shape index (κ1) is 15.3. The Hall–Kier alpha value is -1.10. The Morgan fingerprint density at radius 2 is 1.95 bits per heavy atom. The van der Waals surface area contributed by atoms with Gasteiger partial charge in [0.2, 0.25) is 11.8 Å². The minimum Gasteiger partial charge on any atom is -0.374 e. The fraction of sp³-hybridized carbons (Fsp3) is 0.867. The van der Waals surface area contributed by atoms with Crippen LogP contribution >= 0.6 is 0 Å². The number of carbonyl (C=O) groups excluding carboxylic acids is 2. The van der Waals surface area contributed by atoms with Crippen molar-refractivity contribution < 1.29 is 14.3 Å². The van der Waals surface area contributed by atoms with E-state index in [1.165, 1.54) is 0 Å². The molecule has 1 heterocycles. The molecule has 20 heavy (non-hydrogen) atoms. The van der Waals surface area contributed by atoms with Crippen LogP contribution in [0.15, 0.2) is 0 Å². The number of nitrogens with zero attached hydrogens (tertiary/aromatic N) is 1. The average molecular weight is 282 g/mol. The van der Waals surface area contributed by atoms with Gasteiger partial charge in [0.05, 0.1) is 12.2 Å². The summed E-state index contributed by atoms with van der Waals surface area (Å²) in [6.07, 6.45) is 2.73. The third kappa shape index (κ3) is 3.51. The van der Waals surface area contributed by atoms with Crippen molar-refractivity contribution in [1.29, 1.82) is 0 Å². The Bertz CT molecular complexity index is 385. The molecule has 114 valence electrons. The summed E-state index contributed by atoms with van der Waals surface area (Å²) in [5.74, 6) is 0.395. The molecule has 1 aliphatic carbocycles. The third-order valence-electron chi connectivity index (χ3n) is 3.87. The van der Waals surface area contributed by atoms with Crippen molar-refractivity contribution in [2.24, 2.45) is 5.92 Å². The van der Waals surface area contributed by atoms with E-state index >= 15 is 0 Å². The maximum atomic E-state index is 12.5. The van der Waals surface area contributed by atoms with E-state index in [4.69, 9.17) is 4.74 Å². The standard InChI is InChI=1S/C15H26N2O3/c1-5-11-13(18)16-12(10-6-7-10)14(19)17(11)8-9-20-15(2,3)4/h10-12H,5-9H2,1-4H3,(H,16,18). The lowest BCUT2D eigenvalue weighted by Gasteiger charge is -2.39. The van der Waals surface area contributed by atoms with Crippen LogP contribution in [0.2, 0.25) is 0 Å². The highest BCUT2D eigenvalue weighted by Crippen LogP contribution is 2.35. The minimum atomic E-state index is -0.346. The van der Waals surface area contributed by atoms with Crippen molar-refractivity contribution >= 4 is 11.8 Å². The summed E-state index contributed by atoms with van der Waals surface area (Å²) in [6.45, 7) is 8.86. The van der Waals surface area contributed by atoms with Crippen LogP contribution in [-0.2, 0) is 14.3 Å². The van der Waals surface area contributed by atoms with E-state index in [0.29, 0.717) is 25.5 Å². The van der Waals surface area contributed by atoms with Crippen LogP contribution in [0, 0.1) is 5.92 Å². The van der Waals surface area contributed by atoms with Crippen molar-refractivity contribution in [2.45, 2.75) is 64.6 Å². The Labute approximate surface area is 121 Å². The molecule has 1 saturated heterocycles. The summed E-state index contributed by atoms with van der Waals surface area (Å²) < 4.78 is 5.69. The molecule has 5 heteroatoms. The fourth-order valence-electron chi connectivity index (χ4n) is 2.66. The molecule has 2 rings (SSSR count). The predicted molar refractivity (Wildman–Crippen MR) is 76.2 cm³/mol. The summed E-state index contributed by atoms with van der Waals surface area (Å²) in [4.78, 5) is 26.4. The second-order valence-electron chi connectivity index (χ2n) is 6.74. The molecule has 0 aromatic rings. The summed E-state index contributed by atoms with van der Waals surface area (Å²) in [5, 5.41) is 2.89. The van der Waals surface area contributed by atoms with E-state index < -0.39 is 0 Å². The molecule has 2 amide bonds. The maximum Gasteiger partial charge on any atom is 0.246 e. The van der Waals surface area contributed by atoms with Crippen molar-refractivity contribution in [2.75, 3.05) is 13.2 Å². The highest BCUT2D eigenvalue weighted by molar-refractivity contribution is 5.97. The molecule has 0 aromatic carbocycles. The van der Waals surface area contributed by atoms with E-state index in [2.05, 4.69) is 5.32 Å². The highest BCUT2D eigenvalue weighted by Gasteiger charge is 2.46. The number of ether oxygens (including phenoxy) is 1. The molecular weight excluding hydrogens is 256 g/mol. The van der Waals surface area contributed by atoms with Gasteiger partial charge in [-0.25, -0.2) is 0 Å². The van der Waals surface area contributed by atoms with Gasteiger partial charge in [0, 0.05) is 6.54 Å². The highest BCUT2D eigenvalue weighted by atomic mass is 16.5. The molecule has 2 unspecified atom stereocenters. The molecule has 0 spiro atoms. The zero-order valence-electron chi connectivity index (χ0n) is 12.9. The van der Waals surface area contributed by atoms with Crippen molar-refractivity contribution in [1.82, 2.24) is 10.2 Å². The van der Waals surface area contributed by atoms with E-state index in [9.17, 15) is 9.59 Å². The average Bonchev–Trinajstić information content (AvgIpc) is 3.15. The topological polar surface area (TPSA) is 58.6 Å². The lowest BCUT2D eigenvalue weighted by molar-refractivity contribution is -0.151. The summed E-state index contributed by atoms with van der Waals surface area (Å²) in [7, 11) is 0. The van der Waals surface area contributed by atoms with Gasteiger partial charge in [-0.2, -0.15) is 0 Å². The molecule has 2 aliphatic rings. The predicted octanol–water partition coefficient (Wildman–Crippen LogP) is 1.32. The molecule has 5 nitrogen and oxygen atoms in total. The Kier molecular flexibility index (Phi) is 4.37. The molecule has 1 saturated carbocycles. The van der Waals surface area contributed by atoms with Crippen LogP contribution in [0.1, 0.15) is 47.0 Å². The van der Waals surface area contributed by atoms with E-state index in [-0.39, 0.29) is 29.5 Å². The van der Waals surface area contributed by atoms with Crippen LogP contribution in [0.4, 0.5) is 0 Å². The van der Waals surface area contributed by atoms with Gasteiger partial charge in [0.15, 0.2) is 0 Å². The number of rotatable bonds is 5. The largest absolute Gasteiger partial charge is 0.374 e. The Balaban J connectivity index is 2.00. The lowest BCUT2D eigenvalue weighted by atomic mass is 10.0. The van der Waals surface area contributed by atoms with Crippen molar-refractivity contribution in [3.63, 3.8) is 0 Å². The lowest BCUT2D eigenvalue weighted by Crippen LogP contribution is -2.64. The number of amides is 2. The fourth-order valence-corrected chi connectivity index (χ4v) is 2.66. The normalized spacial score (nSPS) is 27.7. The van der Waals surface area contributed by atoms with Crippen molar-refractivity contribution in [3.8, 4) is 0 Å². The number of nitrogens with one attached hydrogen (secondary N) is 1. The van der Waals surface area contributed by atoms with Gasteiger partial charge in [0.25, 0.3) is 0 Å². The van der Waals surface area contributed by atoms with E-state index in [1.54, 1.807) is 4.90 Å². The molecule has 2 atom stereocenters. The molecule has 0 bridgehead atoms.